The molecule has 1 aromatic carbocycles. The number of nitrogens with one attached hydrogen (secondary N) is 1. The first-order valence-electron chi connectivity index (χ1n) is 10.2. The van der Waals surface area contributed by atoms with Gasteiger partial charge in [0.15, 0.2) is 16.1 Å². The van der Waals surface area contributed by atoms with Crippen LogP contribution in [0.4, 0.5) is 5.13 Å². The maximum absolute atomic E-state index is 12.4. The number of rotatable bonds is 11. The van der Waals surface area contributed by atoms with Gasteiger partial charge in [-0.15, -0.1) is 16.8 Å². The summed E-state index contributed by atoms with van der Waals surface area (Å²) in [5, 5.41) is 12.1. The van der Waals surface area contributed by atoms with Gasteiger partial charge in [-0.3, -0.25) is 9.36 Å². The van der Waals surface area contributed by atoms with Crippen molar-refractivity contribution in [2.75, 3.05) is 17.7 Å². The van der Waals surface area contributed by atoms with E-state index in [0.717, 1.165) is 22.6 Å². The molecule has 3 rings (SSSR count). The Morgan fingerprint density at radius 3 is 2.79 bits per heavy atom. The first-order chi connectivity index (χ1) is 15.9. The maximum Gasteiger partial charge on any atom is 0.350 e. The second-order valence-electron chi connectivity index (χ2n) is 6.84. The van der Waals surface area contributed by atoms with Crippen molar-refractivity contribution in [1.29, 1.82) is 0 Å². The second kappa shape index (κ2) is 11.6. The van der Waals surface area contributed by atoms with E-state index in [1.807, 2.05) is 35.8 Å². The Morgan fingerprint density at radius 2 is 2.06 bits per heavy atom. The normalized spacial score (nSPS) is 10.6. The molecule has 2 heterocycles. The maximum atomic E-state index is 12.4. The zero-order valence-electron chi connectivity index (χ0n) is 18.7. The third kappa shape index (κ3) is 6.42. The molecule has 2 aromatic heterocycles. The summed E-state index contributed by atoms with van der Waals surface area (Å²) in [5.74, 6) is 0.799. The molecule has 11 heteroatoms. The summed E-state index contributed by atoms with van der Waals surface area (Å²) >= 11 is 2.33. The minimum atomic E-state index is -0.444. The van der Waals surface area contributed by atoms with Crippen LogP contribution in [0.2, 0.25) is 0 Å². The van der Waals surface area contributed by atoms with Crippen LogP contribution in [0.1, 0.15) is 33.7 Å². The average Bonchev–Trinajstić information content (AvgIpc) is 3.35. The molecule has 0 aliphatic rings. The molecule has 0 aliphatic heterocycles. The number of benzene rings is 1. The van der Waals surface area contributed by atoms with Gasteiger partial charge in [0.25, 0.3) is 0 Å². The molecular formula is C22H25N5O4S2. The van der Waals surface area contributed by atoms with Gasteiger partial charge in [-0.25, -0.2) is 9.78 Å². The number of thioether (sulfide) groups is 1. The van der Waals surface area contributed by atoms with Gasteiger partial charge in [0.2, 0.25) is 5.91 Å². The Bertz CT molecular complexity index is 1140. The molecule has 0 atom stereocenters. The van der Waals surface area contributed by atoms with Gasteiger partial charge in [0, 0.05) is 6.54 Å². The van der Waals surface area contributed by atoms with E-state index in [4.69, 9.17) is 9.47 Å². The molecule has 9 nitrogen and oxygen atoms in total. The number of para-hydroxylation sites is 1. The number of esters is 1. The van der Waals surface area contributed by atoms with E-state index in [9.17, 15) is 9.59 Å². The summed E-state index contributed by atoms with van der Waals surface area (Å²) in [4.78, 5) is 29.0. The van der Waals surface area contributed by atoms with Crippen LogP contribution in [0.15, 0.2) is 42.1 Å². The quantitative estimate of drug-likeness (QED) is 0.245. The molecule has 0 spiro atoms. The summed E-state index contributed by atoms with van der Waals surface area (Å²) in [6.07, 6.45) is 1.74. The van der Waals surface area contributed by atoms with Gasteiger partial charge in [-0.2, -0.15) is 0 Å². The minimum absolute atomic E-state index is 0.0985. The highest BCUT2D eigenvalue weighted by Gasteiger charge is 2.19. The van der Waals surface area contributed by atoms with Gasteiger partial charge in [0.1, 0.15) is 17.2 Å². The Labute approximate surface area is 200 Å². The summed E-state index contributed by atoms with van der Waals surface area (Å²) in [6.45, 7) is 10.2. The largest absolute Gasteiger partial charge is 0.485 e. The number of hydrogen-bond donors (Lipinski definition) is 1. The van der Waals surface area contributed by atoms with Crippen molar-refractivity contribution in [3.8, 4) is 5.75 Å². The fraction of sp³-hybridized carbons (Fsp3) is 0.318. The van der Waals surface area contributed by atoms with E-state index in [0.29, 0.717) is 33.2 Å². The zero-order valence-corrected chi connectivity index (χ0v) is 20.3. The lowest BCUT2D eigenvalue weighted by Gasteiger charge is -2.10. The van der Waals surface area contributed by atoms with E-state index >= 15 is 0 Å². The number of aryl methyl sites for hydroxylation is 2. The van der Waals surface area contributed by atoms with Gasteiger partial charge in [-0.05, 0) is 32.4 Å². The van der Waals surface area contributed by atoms with Crippen LogP contribution in [0, 0.1) is 13.8 Å². The molecular weight excluding hydrogens is 462 g/mol. The Kier molecular flexibility index (Phi) is 8.61. The van der Waals surface area contributed by atoms with E-state index in [-0.39, 0.29) is 24.9 Å². The summed E-state index contributed by atoms with van der Waals surface area (Å²) in [5.41, 5.74) is 1.55. The molecule has 0 aliphatic carbocycles. The lowest BCUT2D eigenvalue weighted by Crippen LogP contribution is -2.15. The van der Waals surface area contributed by atoms with Crippen molar-refractivity contribution >= 4 is 40.1 Å². The first-order valence-corrected chi connectivity index (χ1v) is 12.0. The fourth-order valence-corrected chi connectivity index (χ4v) is 4.47. The second-order valence-corrected chi connectivity index (χ2v) is 8.78. The smallest absolute Gasteiger partial charge is 0.350 e. The van der Waals surface area contributed by atoms with Crippen LogP contribution in [-0.4, -0.2) is 44.0 Å². The predicted molar refractivity (Wildman–Crippen MR) is 128 cm³/mol. The summed E-state index contributed by atoms with van der Waals surface area (Å²) in [6, 6.07) is 7.74. The van der Waals surface area contributed by atoms with Crippen molar-refractivity contribution in [3.63, 3.8) is 0 Å². The number of allylic oxidation sites excluding steroid dienone is 1. The fourth-order valence-electron chi connectivity index (χ4n) is 2.83. The van der Waals surface area contributed by atoms with Crippen molar-refractivity contribution in [2.45, 2.75) is 39.1 Å². The third-order valence-corrected chi connectivity index (χ3v) is 6.41. The van der Waals surface area contributed by atoms with E-state index in [2.05, 4.69) is 27.1 Å². The number of hydrogen-bond acceptors (Lipinski definition) is 9. The number of carbonyl (C=O) groups is 2. The van der Waals surface area contributed by atoms with E-state index in [1.54, 1.807) is 19.9 Å². The Hall–Kier alpha value is -3.18. The predicted octanol–water partition coefficient (Wildman–Crippen LogP) is 4.02. The average molecular weight is 488 g/mol. The molecule has 0 fully saturated rings. The molecule has 3 aromatic rings. The summed E-state index contributed by atoms with van der Waals surface area (Å²) < 4.78 is 12.7. The first kappa shape index (κ1) is 24.5. The molecule has 0 bridgehead atoms. The number of ether oxygens (including phenoxy) is 2. The van der Waals surface area contributed by atoms with Gasteiger partial charge >= 0.3 is 5.97 Å². The van der Waals surface area contributed by atoms with Gasteiger partial charge < -0.3 is 14.8 Å². The topological polar surface area (TPSA) is 108 Å². The molecule has 0 saturated heterocycles. The van der Waals surface area contributed by atoms with Crippen LogP contribution in [-0.2, 0) is 22.7 Å². The molecule has 1 amide bonds. The SMILES string of the molecule is C=CCn1c(COc2ccccc2C)nnc1SCC(=O)Nc1nc(C)c(C(=O)OCC)s1. The monoisotopic (exact) mass is 487 g/mol. The van der Waals surface area contributed by atoms with Crippen LogP contribution < -0.4 is 10.1 Å². The van der Waals surface area contributed by atoms with Crippen LogP contribution in [0.25, 0.3) is 0 Å². The van der Waals surface area contributed by atoms with Crippen LogP contribution in [0.5, 0.6) is 5.75 Å². The van der Waals surface area contributed by atoms with Crippen molar-refractivity contribution in [3.05, 3.63) is 58.9 Å². The minimum Gasteiger partial charge on any atom is -0.485 e. The molecule has 33 heavy (non-hydrogen) atoms. The number of aromatic nitrogens is 4. The van der Waals surface area contributed by atoms with E-state index < -0.39 is 5.97 Å². The zero-order chi connectivity index (χ0) is 23.8. The lowest BCUT2D eigenvalue weighted by molar-refractivity contribution is -0.113. The molecule has 0 saturated carbocycles. The van der Waals surface area contributed by atoms with Crippen molar-refractivity contribution in [1.82, 2.24) is 19.7 Å². The molecule has 174 valence electrons. The number of carbonyl (C=O) groups excluding carboxylic acids is 2. The lowest BCUT2D eigenvalue weighted by atomic mass is 10.2. The van der Waals surface area contributed by atoms with Crippen molar-refractivity contribution in [2.24, 2.45) is 0 Å². The Morgan fingerprint density at radius 1 is 1.27 bits per heavy atom. The standard InChI is InChI=1S/C22H25N5O4S2/c1-5-11-27-17(12-31-16-10-8-7-9-14(16)3)25-26-22(27)32-13-18(28)24-21-23-15(4)19(33-21)20(29)30-6-2/h5,7-10H,1,6,11-13H2,2-4H3,(H,23,24,28). The molecule has 0 unspecified atom stereocenters. The number of amides is 1. The number of anilines is 1. The number of thiazole rings is 1. The highest BCUT2D eigenvalue weighted by atomic mass is 32.2. The van der Waals surface area contributed by atoms with Crippen LogP contribution in [0.3, 0.4) is 0 Å². The Balaban J connectivity index is 1.61. The molecule has 0 radical (unpaired) electrons. The van der Waals surface area contributed by atoms with E-state index in [1.165, 1.54) is 11.8 Å². The van der Waals surface area contributed by atoms with Crippen molar-refractivity contribution < 1.29 is 19.1 Å². The van der Waals surface area contributed by atoms with Crippen LogP contribution >= 0.6 is 23.1 Å². The summed E-state index contributed by atoms with van der Waals surface area (Å²) in [7, 11) is 0. The van der Waals surface area contributed by atoms with Gasteiger partial charge in [0.05, 0.1) is 18.1 Å². The van der Waals surface area contributed by atoms with Gasteiger partial charge in [-0.1, -0.05) is 47.4 Å². The highest BCUT2D eigenvalue weighted by Crippen LogP contribution is 2.25. The third-order valence-electron chi connectivity index (χ3n) is 4.39. The number of nitrogens with zero attached hydrogens (tertiary/aromatic N) is 4. The highest BCUT2D eigenvalue weighted by molar-refractivity contribution is 7.99. The molecule has 1 N–H and O–H groups in total.